The van der Waals surface area contributed by atoms with E-state index in [0.717, 1.165) is 6.07 Å². The van der Waals surface area contributed by atoms with Gasteiger partial charge in [0.05, 0.1) is 7.11 Å². The van der Waals surface area contributed by atoms with Gasteiger partial charge in [-0.15, -0.1) is 0 Å². The zero-order chi connectivity index (χ0) is 22.4. The summed E-state index contributed by atoms with van der Waals surface area (Å²) in [4.78, 5) is 16.3. The summed E-state index contributed by atoms with van der Waals surface area (Å²) in [6.07, 6.45) is 3.06. The molecule has 1 aliphatic rings. The Kier molecular flexibility index (Phi) is 7.46. The number of rotatable bonds is 8. The molecule has 166 valence electrons. The Morgan fingerprint density at radius 1 is 1.13 bits per heavy atom. The molecule has 0 bridgehead atoms. The number of ether oxygens (including phenoxy) is 3. The molecule has 0 saturated carbocycles. The van der Waals surface area contributed by atoms with E-state index in [-0.39, 0.29) is 18.0 Å². The smallest absolute Gasteiger partial charge is 0.246 e. The summed E-state index contributed by atoms with van der Waals surface area (Å²) in [6.45, 7) is 1.90. The summed E-state index contributed by atoms with van der Waals surface area (Å²) in [5.41, 5.74) is 0.956. The van der Waals surface area contributed by atoms with Crippen LogP contribution in [0.4, 0.5) is 8.78 Å². The van der Waals surface area contributed by atoms with Crippen LogP contribution in [-0.2, 0) is 11.3 Å². The lowest BCUT2D eigenvalue weighted by atomic mass is 10.1. The van der Waals surface area contributed by atoms with Crippen molar-refractivity contribution >= 4 is 12.0 Å². The average molecular weight is 432 g/mol. The molecule has 6 nitrogen and oxygen atoms in total. The fraction of sp³-hybridized carbons (Fsp3) is 0.348. The summed E-state index contributed by atoms with van der Waals surface area (Å²) in [5, 5.41) is 0. The molecule has 2 aromatic rings. The number of halogens is 2. The second kappa shape index (κ2) is 10.3. The number of carbonyl (C=O) groups excluding carboxylic acids is 1. The quantitative estimate of drug-likeness (QED) is 0.599. The molecule has 2 aromatic carbocycles. The molecule has 0 aromatic heterocycles. The highest BCUT2D eigenvalue weighted by Gasteiger charge is 2.19. The van der Waals surface area contributed by atoms with E-state index in [9.17, 15) is 13.6 Å². The minimum absolute atomic E-state index is 0.0353. The van der Waals surface area contributed by atoms with Gasteiger partial charge in [0.25, 0.3) is 0 Å². The van der Waals surface area contributed by atoms with Gasteiger partial charge in [-0.3, -0.25) is 4.79 Å². The standard InChI is InChI=1S/C23H26F2N2O4/c1-26(2)8-9-27(15-17-5-6-18(24)14-19(17)25)22(28)7-4-16-12-20(29-3)23-21(13-16)30-10-11-31-23/h4-7,12-14H,8-11,15H2,1-3H3/b7-4+. The third-order valence-electron chi connectivity index (χ3n) is 4.77. The Balaban J connectivity index is 1.80. The third kappa shape index (κ3) is 5.95. The lowest BCUT2D eigenvalue weighted by Gasteiger charge is -2.24. The van der Waals surface area contributed by atoms with Crippen LogP contribution in [0.1, 0.15) is 11.1 Å². The SMILES string of the molecule is COc1cc(/C=C/C(=O)N(CCN(C)C)Cc2ccc(F)cc2F)cc2c1OCCO2. The van der Waals surface area contributed by atoms with Gasteiger partial charge in [-0.25, -0.2) is 8.78 Å². The van der Waals surface area contributed by atoms with Gasteiger partial charge < -0.3 is 24.0 Å². The Morgan fingerprint density at radius 2 is 1.90 bits per heavy atom. The molecule has 0 saturated heterocycles. The Labute approximate surface area is 180 Å². The van der Waals surface area contributed by atoms with Crippen LogP contribution in [0.5, 0.6) is 17.2 Å². The highest BCUT2D eigenvalue weighted by atomic mass is 19.1. The second-order valence-corrected chi connectivity index (χ2v) is 7.38. The van der Waals surface area contributed by atoms with Crippen molar-refractivity contribution in [2.24, 2.45) is 0 Å². The van der Waals surface area contributed by atoms with Crippen molar-refractivity contribution in [1.29, 1.82) is 0 Å². The highest BCUT2D eigenvalue weighted by molar-refractivity contribution is 5.92. The molecule has 1 aliphatic heterocycles. The van der Waals surface area contributed by atoms with Crippen molar-refractivity contribution in [3.63, 3.8) is 0 Å². The van der Waals surface area contributed by atoms with Crippen LogP contribution in [0.15, 0.2) is 36.4 Å². The number of benzene rings is 2. The zero-order valence-corrected chi connectivity index (χ0v) is 17.9. The van der Waals surface area contributed by atoms with E-state index in [0.29, 0.717) is 49.1 Å². The van der Waals surface area contributed by atoms with Crippen LogP contribution >= 0.6 is 0 Å². The molecule has 0 unspecified atom stereocenters. The summed E-state index contributed by atoms with van der Waals surface area (Å²) in [5.74, 6) is -0.0168. The molecule has 0 N–H and O–H groups in total. The highest BCUT2D eigenvalue weighted by Crippen LogP contribution is 2.40. The van der Waals surface area contributed by atoms with Gasteiger partial charge in [0.1, 0.15) is 24.8 Å². The molecule has 3 rings (SSSR count). The van der Waals surface area contributed by atoms with Crippen LogP contribution in [-0.4, -0.2) is 63.2 Å². The average Bonchev–Trinajstić information content (AvgIpc) is 2.75. The number of methoxy groups -OCH3 is 1. The first kappa shape index (κ1) is 22.6. The van der Waals surface area contributed by atoms with Crippen LogP contribution in [0, 0.1) is 11.6 Å². The molecule has 31 heavy (non-hydrogen) atoms. The predicted molar refractivity (Wildman–Crippen MR) is 113 cm³/mol. The van der Waals surface area contributed by atoms with Crippen LogP contribution in [0.25, 0.3) is 6.08 Å². The van der Waals surface area contributed by atoms with Crippen molar-refractivity contribution in [2.75, 3.05) is 47.5 Å². The summed E-state index contributed by atoms with van der Waals surface area (Å²) < 4.78 is 43.9. The fourth-order valence-corrected chi connectivity index (χ4v) is 3.11. The molecular weight excluding hydrogens is 406 g/mol. The molecule has 0 spiro atoms. The van der Waals surface area contributed by atoms with E-state index < -0.39 is 11.6 Å². The second-order valence-electron chi connectivity index (χ2n) is 7.38. The van der Waals surface area contributed by atoms with Gasteiger partial charge in [-0.05, 0) is 43.9 Å². The van der Waals surface area contributed by atoms with Crippen LogP contribution in [0.3, 0.4) is 0 Å². The first-order chi connectivity index (χ1) is 14.9. The van der Waals surface area contributed by atoms with Crippen molar-refractivity contribution in [1.82, 2.24) is 9.80 Å². The van der Waals surface area contributed by atoms with Crippen LogP contribution in [0.2, 0.25) is 0 Å². The number of carbonyl (C=O) groups is 1. The molecule has 0 radical (unpaired) electrons. The normalized spacial score (nSPS) is 13.0. The Hall–Kier alpha value is -3.13. The van der Waals surface area contributed by atoms with Gasteiger partial charge in [0, 0.05) is 37.3 Å². The van der Waals surface area contributed by atoms with E-state index >= 15 is 0 Å². The lowest BCUT2D eigenvalue weighted by molar-refractivity contribution is -0.126. The number of hydrogen-bond acceptors (Lipinski definition) is 5. The predicted octanol–water partition coefficient (Wildman–Crippen LogP) is 3.35. The maximum absolute atomic E-state index is 14.1. The minimum atomic E-state index is -0.678. The van der Waals surface area contributed by atoms with Crippen molar-refractivity contribution in [2.45, 2.75) is 6.54 Å². The van der Waals surface area contributed by atoms with Gasteiger partial charge in [0.15, 0.2) is 11.5 Å². The van der Waals surface area contributed by atoms with E-state index in [2.05, 4.69) is 0 Å². The lowest BCUT2D eigenvalue weighted by Crippen LogP contribution is -2.35. The van der Waals surface area contributed by atoms with E-state index in [4.69, 9.17) is 14.2 Å². The molecule has 0 fully saturated rings. The molecule has 1 heterocycles. The summed E-state index contributed by atoms with van der Waals surface area (Å²) >= 11 is 0. The monoisotopic (exact) mass is 432 g/mol. The fourth-order valence-electron chi connectivity index (χ4n) is 3.11. The van der Waals surface area contributed by atoms with E-state index in [1.165, 1.54) is 30.2 Å². The summed E-state index contributed by atoms with van der Waals surface area (Å²) in [7, 11) is 5.31. The van der Waals surface area contributed by atoms with Crippen molar-refractivity contribution in [3.8, 4) is 17.2 Å². The van der Waals surface area contributed by atoms with Crippen LogP contribution < -0.4 is 14.2 Å². The first-order valence-electron chi connectivity index (χ1n) is 9.90. The number of likely N-dealkylation sites (N-methyl/N-ethyl adjacent to an activating group) is 1. The first-order valence-corrected chi connectivity index (χ1v) is 9.90. The van der Waals surface area contributed by atoms with Gasteiger partial charge in [0.2, 0.25) is 11.7 Å². The number of fused-ring (bicyclic) bond motifs is 1. The largest absolute Gasteiger partial charge is 0.493 e. The molecule has 0 aliphatic carbocycles. The van der Waals surface area contributed by atoms with Gasteiger partial charge >= 0.3 is 0 Å². The maximum Gasteiger partial charge on any atom is 0.246 e. The van der Waals surface area contributed by atoms with Gasteiger partial charge in [-0.1, -0.05) is 6.07 Å². The molecule has 1 amide bonds. The molecule has 0 atom stereocenters. The number of nitrogens with zero attached hydrogens (tertiary/aromatic N) is 2. The number of amides is 1. The maximum atomic E-state index is 14.1. The molecular formula is C23H26F2N2O4. The topological polar surface area (TPSA) is 51.2 Å². The minimum Gasteiger partial charge on any atom is -0.493 e. The van der Waals surface area contributed by atoms with Gasteiger partial charge in [-0.2, -0.15) is 0 Å². The third-order valence-corrected chi connectivity index (χ3v) is 4.77. The Morgan fingerprint density at radius 3 is 2.61 bits per heavy atom. The van der Waals surface area contributed by atoms with Crippen molar-refractivity contribution < 1.29 is 27.8 Å². The Bertz CT molecular complexity index is 946. The van der Waals surface area contributed by atoms with E-state index in [1.54, 1.807) is 18.2 Å². The van der Waals surface area contributed by atoms with Crippen molar-refractivity contribution in [3.05, 3.63) is 59.2 Å². The molecule has 8 heteroatoms. The summed E-state index contributed by atoms with van der Waals surface area (Å²) in [6, 6.07) is 6.88. The zero-order valence-electron chi connectivity index (χ0n) is 17.9. The number of hydrogen-bond donors (Lipinski definition) is 0. The van der Waals surface area contributed by atoms with E-state index in [1.807, 2.05) is 19.0 Å².